The standard InChI is InChI=1S/C15H16FNO2/c1-14-6-7-15(10-17,19-14)8-13(14)18-9-11-4-2-3-5-12(11)16/h2-5,13H,6-9H2,1H3/t13-,14+,15-/m0/s1. The summed E-state index contributed by atoms with van der Waals surface area (Å²) < 4.78 is 25.2. The molecule has 0 N–H and O–H groups in total. The normalized spacial score (nSPS) is 36.4. The molecule has 4 heteroatoms. The van der Waals surface area contributed by atoms with Gasteiger partial charge in [-0.05, 0) is 25.8 Å². The van der Waals surface area contributed by atoms with E-state index in [4.69, 9.17) is 9.47 Å². The molecule has 0 saturated carbocycles. The van der Waals surface area contributed by atoms with Crippen molar-refractivity contribution < 1.29 is 13.9 Å². The Labute approximate surface area is 111 Å². The first-order valence-electron chi connectivity index (χ1n) is 6.53. The largest absolute Gasteiger partial charge is 0.370 e. The van der Waals surface area contributed by atoms with E-state index in [2.05, 4.69) is 6.07 Å². The summed E-state index contributed by atoms with van der Waals surface area (Å²) in [7, 11) is 0. The maximum absolute atomic E-state index is 13.5. The number of halogens is 1. The number of nitrogens with zero attached hydrogens (tertiary/aromatic N) is 1. The first kappa shape index (κ1) is 12.6. The summed E-state index contributed by atoms with van der Waals surface area (Å²) in [5, 5.41) is 9.21. The maximum atomic E-state index is 13.5. The molecular formula is C15H16FNO2. The lowest BCUT2D eigenvalue weighted by Gasteiger charge is -2.28. The van der Waals surface area contributed by atoms with Crippen LogP contribution in [0.2, 0.25) is 0 Å². The third kappa shape index (κ3) is 2.03. The van der Waals surface area contributed by atoms with Crippen molar-refractivity contribution in [1.82, 2.24) is 0 Å². The molecule has 3 atom stereocenters. The Hall–Kier alpha value is -1.44. The van der Waals surface area contributed by atoms with Crippen molar-refractivity contribution in [2.75, 3.05) is 0 Å². The molecule has 0 aromatic heterocycles. The van der Waals surface area contributed by atoms with E-state index in [1.54, 1.807) is 18.2 Å². The van der Waals surface area contributed by atoms with Crippen LogP contribution >= 0.6 is 0 Å². The predicted molar refractivity (Wildman–Crippen MR) is 66.7 cm³/mol. The number of fused-ring (bicyclic) bond motifs is 2. The lowest BCUT2D eigenvalue weighted by molar-refractivity contribution is -0.0775. The average Bonchev–Trinajstić information content (AvgIpc) is 2.89. The fourth-order valence-corrected chi connectivity index (χ4v) is 3.05. The minimum atomic E-state index is -0.686. The molecule has 0 aliphatic carbocycles. The third-order valence-corrected chi connectivity index (χ3v) is 4.25. The van der Waals surface area contributed by atoms with Gasteiger partial charge in [-0.2, -0.15) is 5.26 Å². The second-order valence-electron chi connectivity index (χ2n) is 5.62. The SMILES string of the molecule is C[C@@]12CC[C@@](C#N)(C[C@@H]1OCc1ccccc1F)O2. The Morgan fingerprint density at radius 3 is 2.95 bits per heavy atom. The molecule has 2 heterocycles. The summed E-state index contributed by atoms with van der Waals surface area (Å²) in [5.41, 5.74) is -0.546. The Morgan fingerprint density at radius 2 is 2.26 bits per heavy atom. The molecule has 1 aromatic rings. The number of hydrogen-bond donors (Lipinski definition) is 0. The number of ether oxygens (including phenoxy) is 2. The summed E-state index contributed by atoms with van der Waals surface area (Å²) >= 11 is 0. The van der Waals surface area contributed by atoms with E-state index in [-0.39, 0.29) is 18.5 Å². The van der Waals surface area contributed by atoms with Crippen LogP contribution in [0.1, 0.15) is 31.7 Å². The molecule has 2 bridgehead atoms. The first-order chi connectivity index (χ1) is 9.07. The molecule has 0 amide bonds. The van der Waals surface area contributed by atoms with Crippen LogP contribution in [-0.2, 0) is 16.1 Å². The van der Waals surface area contributed by atoms with E-state index in [1.165, 1.54) is 6.07 Å². The van der Waals surface area contributed by atoms with E-state index < -0.39 is 11.2 Å². The summed E-state index contributed by atoms with van der Waals surface area (Å²) in [4.78, 5) is 0. The number of benzene rings is 1. The topological polar surface area (TPSA) is 42.2 Å². The van der Waals surface area contributed by atoms with Gasteiger partial charge in [-0.15, -0.1) is 0 Å². The number of nitriles is 1. The monoisotopic (exact) mass is 261 g/mol. The van der Waals surface area contributed by atoms with Crippen LogP contribution in [0, 0.1) is 17.1 Å². The van der Waals surface area contributed by atoms with E-state index in [1.807, 2.05) is 6.92 Å². The third-order valence-electron chi connectivity index (χ3n) is 4.25. The van der Waals surface area contributed by atoms with Gasteiger partial charge >= 0.3 is 0 Å². The highest BCUT2D eigenvalue weighted by atomic mass is 19.1. The number of rotatable bonds is 3. The molecule has 0 spiro atoms. The lowest BCUT2D eigenvalue weighted by atomic mass is 9.81. The zero-order valence-corrected chi connectivity index (χ0v) is 10.9. The van der Waals surface area contributed by atoms with Crippen molar-refractivity contribution in [3.63, 3.8) is 0 Å². The average molecular weight is 261 g/mol. The van der Waals surface area contributed by atoms with Crippen LogP contribution in [0.25, 0.3) is 0 Å². The molecule has 2 aliphatic heterocycles. The Bertz CT molecular complexity index is 541. The van der Waals surface area contributed by atoms with Crippen LogP contribution < -0.4 is 0 Å². The molecule has 1 aromatic carbocycles. The minimum Gasteiger partial charge on any atom is -0.370 e. The van der Waals surface area contributed by atoms with Crippen LogP contribution in [0.3, 0.4) is 0 Å². The highest BCUT2D eigenvalue weighted by Crippen LogP contribution is 2.51. The molecule has 0 unspecified atom stereocenters. The fraction of sp³-hybridized carbons (Fsp3) is 0.533. The van der Waals surface area contributed by atoms with Gasteiger partial charge < -0.3 is 9.47 Å². The molecule has 0 radical (unpaired) electrons. The van der Waals surface area contributed by atoms with Crippen LogP contribution in [0.5, 0.6) is 0 Å². The Kier molecular flexibility index (Phi) is 2.84. The summed E-state index contributed by atoms with van der Waals surface area (Å²) in [6.45, 7) is 2.20. The summed E-state index contributed by atoms with van der Waals surface area (Å²) in [6, 6.07) is 8.84. The van der Waals surface area contributed by atoms with E-state index in [0.29, 0.717) is 12.0 Å². The summed E-state index contributed by atoms with van der Waals surface area (Å²) in [5.74, 6) is -0.258. The highest BCUT2D eigenvalue weighted by molar-refractivity contribution is 5.19. The molecule has 2 saturated heterocycles. The van der Waals surface area contributed by atoms with Gasteiger partial charge in [0.25, 0.3) is 0 Å². The lowest BCUT2D eigenvalue weighted by Crippen LogP contribution is -2.37. The molecule has 100 valence electrons. The first-order valence-corrected chi connectivity index (χ1v) is 6.53. The zero-order valence-electron chi connectivity index (χ0n) is 10.9. The molecule has 2 fully saturated rings. The maximum Gasteiger partial charge on any atom is 0.157 e. The van der Waals surface area contributed by atoms with Gasteiger partial charge in [0.1, 0.15) is 5.82 Å². The summed E-state index contributed by atoms with van der Waals surface area (Å²) in [6.07, 6.45) is 2.02. The quantitative estimate of drug-likeness (QED) is 0.840. The second kappa shape index (κ2) is 4.29. The van der Waals surface area contributed by atoms with Crippen molar-refractivity contribution in [3.05, 3.63) is 35.6 Å². The fourth-order valence-electron chi connectivity index (χ4n) is 3.05. The van der Waals surface area contributed by atoms with Crippen molar-refractivity contribution in [1.29, 1.82) is 5.26 Å². The van der Waals surface area contributed by atoms with Gasteiger partial charge in [-0.3, -0.25) is 0 Å². The van der Waals surface area contributed by atoms with Gasteiger partial charge in [0.2, 0.25) is 0 Å². The van der Waals surface area contributed by atoms with Gasteiger partial charge in [0.05, 0.1) is 24.4 Å². The Balaban J connectivity index is 1.70. The smallest absolute Gasteiger partial charge is 0.157 e. The molecule has 3 rings (SSSR count). The van der Waals surface area contributed by atoms with E-state index >= 15 is 0 Å². The predicted octanol–water partition coefficient (Wildman–Crippen LogP) is 2.95. The van der Waals surface area contributed by atoms with Gasteiger partial charge in [0.15, 0.2) is 5.60 Å². The van der Waals surface area contributed by atoms with Crippen molar-refractivity contribution >= 4 is 0 Å². The van der Waals surface area contributed by atoms with E-state index in [9.17, 15) is 9.65 Å². The van der Waals surface area contributed by atoms with E-state index in [0.717, 1.165) is 12.8 Å². The van der Waals surface area contributed by atoms with Crippen molar-refractivity contribution in [2.24, 2.45) is 0 Å². The zero-order chi connectivity index (χ0) is 13.5. The molecule has 3 nitrogen and oxygen atoms in total. The van der Waals surface area contributed by atoms with Gasteiger partial charge in [-0.1, -0.05) is 18.2 Å². The van der Waals surface area contributed by atoms with Gasteiger partial charge in [0, 0.05) is 12.0 Å². The highest BCUT2D eigenvalue weighted by Gasteiger charge is 2.60. The minimum absolute atomic E-state index is 0.138. The van der Waals surface area contributed by atoms with Crippen LogP contribution in [-0.4, -0.2) is 17.3 Å². The second-order valence-corrected chi connectivity index (χ2v) is 5.62. The van der Waals surface area contributed by atoms with Crippen molar-refractivity contribution in [3.8, 4) is 6.07 Å². The van der Waals surface area contributed by atoms with Crippen LogP contribution in [0.15, 0.2) is 24.3 Å². The molecule has 19 heavy (non-hydrogen) atoms. The number of hydrogen-bond acceptors (Lipinski definition) is 3. The molecular weight excluding hydrogens is 245 g/mol. The van der Waals surface area contributed by atoms with Crippen LogP contribution in [0.4, 0.5) is 4.39 Å². The molecule has 2 aliphatic rings. The van der Waals surface area contributed by atoms with Crippen molar-refractivity contribution in [2.45, 2.75) is 50.1 Å². The Morgan fingerprint density at radius 1 is 1.47 bits per heavy atom. The van der Waals surface area contributed by atoms with Gasteiger partial charge in [-0.25, -0.2) is 4.39 Å².